The molecule has 6 nitrogen and oxygen atoms in total. The Hall–Kier alpha value is -2.37. The third kappa shape index (κ3) is 2.42. The molecule has 1 amide bonds. The van der Waals surface area contributed by atoms with E-state index in [9.17, 15) is 9.59 Å². The SMILES string of the molecule is CCc1noc(NC(=O)c2cccn(C)c2=O)c1C. The summed E-state index contributed by atoms with van der Waals surface area (Å²) in [5, 5.41) is 6.42. The first-order chi connectivity index (χ1) is 9.04. The molecule has 100 valence electrons. The first-order valence-electron chi connectivity index (χ1n) is 5.96. The number of aryl methyl sites for hydroxylation is 2. The molecular weight excluding hydrogens is 246 g/mol. The lowest BCUT2D eigenvalue weighted by Crippen LogP contribution is -2.27. The molecule has 2 aromatic heterocycles. The predicted molar refractivity (Wildman–Crippen MR) is 70.3 cm³/mol. The maximum Gasteiger partial charge on any atom is 0.263 e. The summed E-state index contributed by atoms with van der Waals surface area (Å²) in [5.74, 6) is -0.212. The van der Waals surface area contributed by atoms with Gasteiger partial charge in [-0.3, -0.25) is 14.9 Å². The molecule has 0 bridgehead atoms. The van der Waals surface area contributed by atoms with Crippen LogP contribution in [0.2, 0.25) is 0 Å². The van der Waals surface area contributed by atoms with Gasteiger partial charge in [0.05, 0.1) is 5.69 Å². The van der Waals surface area contributed by atoms with Crippen LogP contribution >= 0.6 is 0 Å². The summed E-state index contributed by atoms with van der Waals surface area (Å²) >= 11 is 0. The molecule has 0 unspecified atom stereocenters. The summed E-state index contributed by atoms with van der Waals surface area (Å²) in [7, 11) is 1.59. The van der Waals surface area contributed by atoms with Crippen LogP contribution in [0, 0.1) is 6.92 Å². The number of hydrogen-bond acceptors (Lipinski definition) is 4. The Morgan fingerprint density at radius 2 is 2.26 bits per heavy atom. The van der Waals surface area contributed by atoms with E-state index in [4.69, 9.17) is 4.52 Å². The summed E-state index contributed by atoms with van der Waals surface area (Å²) in [5.41, 5.74) is 1.28. The van der Waals surface area contributed by atoms with Gasteiger partial charge in [0.15, 0.2) is 0 Å². The van der Waals surface area contributed by atoms with Crippen molar-refractivity contribution in [3.05, 3.63) is 45.5 Å². The Morgan fingerprint density at radius 1 is 1.53 bits per heavy atom. The lowest BCUT2D eigenvalue weighted by molar-refractivity contribution is 0.102. The average Bonchev–Trinajstić information content (AvgIpc) is 2.73. The largest absolute Gasteiger partial charge is 0.338 e. The second kappa shape index (κ2) is 5.09. The normalized spacial score (nSPS) is 10.5. The molecular formula is C13H15N3O3. The fraction of sp³-hybridized carbons (Fsp3) is 0.308. The van der Waals surface area contributed by atoms with Gasteiger partial charge < -0.3 is 9.09 Å². The van der Waals surface area contributed by atoms with E-state index < -0.39 is 5.91 Å². The van der Waals surface area contributed by atoms with E-state index in [1.54, 1.807) is 19.3 Å². The first kappa shape index (κ1) is 13.1. The van der Waals surface area contributed by atoms with Crippen LogP contribution in [0.3, 0.4) is 0 Å². The van der Waals surface area contributed by atoms with E-state index in [0.717, 1.165) is 17.7 Å². The molecule has 0 radical (unpaired) electrons. The molecule has 0 saturated carbocycles. The fourth-order valence-electron chi connectivity index (χ4n) is 1.76. The average molecular weight is 261 g/mol. The third-order valence-electron chi connectivity index (χ3n) is 2.95. The monoisotopic (exact) mass is 261 g/mol. The molecule has 19 heavy (non-hydrogen) atoms. The number of nitrogens with one attached hydrogen (secondary N) is 1. The van der Waals surface area contributed by atoms with Gasteiger partial charge in [-0.25, -0.2) is 0 Å². The Morgan fingerprint density at radius 3 is 2.89 bits per heavy atom. The van der Waals surface area contributed by atoms with Gasteiger partial charge >= 0.3 is 0 Å². The third-order valence-corrected chi connectivity index (χ3v) is 2.95. The zero-order valence-corrected chi connectivity index (χ0v) is 11.1. The van der Waals surface area contributed by atoms with Gasteiger partial charge in [-0.15, -0.1) is 0 Å². The molecule has 0 aliphatic heterocycles. The van der Waals surface area contributed by atoms with Crippen molar-refractivity contribution in [2.45, 2.75) is 20.3 Å². The minimum atomic E-state index is -0.497. The molecule has 2 heterocycles. The molecule has 0 saturated heterocycles. The second-order valence-electron chi connectivity index (χ2n) is 4.23. The highest BCUT2D eigenvalue weighted by atomic mass is 16.5. The number of rotatable bonds is 3. The van der Waals surface area contributed by atoms with Gasteiger partial charge in [0.25, 0.3) is 11.5 Å². The van der Waals surface area contributed by atoms with E-state index in [1.807, 2.05) is 13.8 Å². The van der Waals surface area contributed by atoms with Gasteiger partial charge in [-0.1, -0.05) is 12.1 Å². The Balaban J connectivity index is 2.28. The van der Waals surface area contributed by atoms with Crippen LogP contribution in [-0.4, -0.2) is 15.6 Å². The summed E-state index contributed by atoms with van der Waals surface area (Å²) in [6, 6.07) is 3.12. The first-order valence-corrected chi connectivity index (χ1v) is 5.96. The molecule has 1 N–H and O–H groups in total. The number of carbonyl (C=O) groups excluding carboxylic acids is 1. The van der Waals surface area contributed by atoms with Crippen LogP contribution in [0.25, 0.3) is 0 Å². The van der Waals surface area contributed by atoms with Crippen molar-refractivity contribution in [3.63, 3.8) is 0 Å². The van der Waals surface area contributed by atoms with Gasteiger partial charge in [0.2, 0.25) is 5.88 Å². The van der Waals surface area contributed by atoms with Crippen LogP contribution in [-0.2, 0) is 13.5 Å². The van der Waals surface area contributed by atoms with Crippen LogP contribution < -0.4 is 10.9 Å². The summed E-state index contributed by atoms with van der Waals surface area (Å²) in [4.78, 5) is 23.8. The molecule has 0 aromatic carbocycles. The topological polar surface area (TPSA) is 77.1 Å². The van der Waals surface area contributed by atoms with E-state index >= 15 is 0 Å². The number of anilines is 1. The zero-order valence-electron chi connectivity index (χ0n) is 11.1. The van der Waals surface area contributed by atoms with Crippen molar-refractivity contribution in [1.82, 2.24) is 9.72 Å². The minimum absolute atomic E-state index is 0.0684. The van der Waals surface area contributed by atoms with Gasteiger partial charge in [0.1, 0.15) is 5.56 Å². The Bertz CT molecular complexity index is 670. The van der Waals surface area contributed by atoms with E-state index in [2.05, 4.69) is 10.5 Å². The van der Waals surface area contributed by atoms with Crippen molar-refractivity contribution in [2.75, 3.05) is 5.32 Å². The number of carbonyl (C=O) groups is 1. The number of amides is 1. The van der Waals surface area contributed by atoms with Crippen molar-refractivity contribution in [3.8, 4) is 0 Å². The molecule has 0 aliphatic rings. The van der Waals surface area contributed by atoms with Crippen LogP contribution in [0.5, 0.6) is 0 Å². The fourth-order valence-corrected chi connectivity index (χ4v) is 1.76. The molecule has 0 spiro atoms. The van der Waals surface area contributed by atoms with E-state index in [0.29, 0.717) is 0 Å². The van der Waals surface area contributed by atoms with E-state index in [-0.39, 0.29) is 17.0 Å². The number of nitrogens with zero attached hydrogens (tertiary/aromatic N) is 2. The maximum absolute atomic E-state index is 12.0. The highest BCUT2D eigenvalue weighted by Gasteiger charge is 2.16. The van der Waals surface area contributed by atoms with Crippen molar-refractivity contribution < 1.29 is 9.32 Å². The van der Waals surface area contributed by atoms with Crippen LogP contribution in [0.4, 0.5) is 5.88 Å². The highest BCUT2D eigenvalue weighted by Crippen LogP contribution is 2.19. The molecule has 2 aromatic rings. The zero-order chi connectivity index (χ0) is 14.0. The lowest BCUT2D eigenvalue weighted by Gasteiger charge is -2.03. The maximum atomic E-state index is 12.0. The lowest BCUT2D eigenvalue weighted by atomic mass is 10.2. The number of pyridine rings is 1. The van der Waals surface area contributed by atoms with Crippen molar-refractivity contribution >= 4 is 11.8 Å². The molecule has 0 aliphatic carbocycles. The molecule has 2 rings (SSSR count). The van der Waals surface area contributed by atoms with Crippen molar-refractivity contribution in [2.24, 2.45) is 7.05 Å². The van der Waals surface area contributed by atoms with Crippen LogP contribution in [0.1, 0.15) is 28.5 Å². The minimum Gasteiger partial charge on any atom is -0.338 e. The Kier molecular flexibility index (Phi) is 3.50. The van der Waals surface area contributed by atoms with Crippen molar-refractivity contribution in [1.29, 1.82) is 0 Å². The number of hydrogen-bond donors (Lipinski definition) is 1. The standard InChI is InChI=1S/C13H15N3O3/c1-4-10-8(2)12(19-15-10)14-11(17)9-6-5-7-16(3)13(9)18/h5-7H,4H2,1-3H3,(H,14,17). The summed E-state index contributed by atoms with van der Waals surface area (Å²) < 4.78 is 6.40. The summed E-state index contributed by atoms with van der Waals surface area (Å²) in [6.07, 6.45) is 2.31. The molecule has 0 atom stereocenters. The highest BCUT2D eigenvalue weighted by molar-refractivity contribution is 6.03. The quantitative estimate of drug-likeness (QED) is 0.908. The van der Waals surface area contributed by atoms with Gasteiger partial charge in [-0.05, 0) is 25.5 Å². The molecule has 6 heteroatoms. The van der Waals surface area contributed by atoms with Gasteiger partial charge in [-0.2, -0.15) is 0 Å². The predicted octanol–water partition coefficient (Wildman–Crippen LogP) is 1.50. The molecule has 0 fully saturated rings. The number of aromatic nitrogens is 2. The van der Waals surface area contributed by atoms with Crippen LogP contribution in [0.15, 0.2) is 27.6 Å². The van der Waals surface area contributed by atoms with E-state index in [1.165, 1.54) is 10.6 Å². The van der Waals surface area contributed by atoms with Gasteiger partial charge in [0, 0.05) is 18.8 Å². The smallest absolute Gasteiger partial charge is 0.263 e. The Labute approximate surface area is 110 Å². The summed E-state index contributed by atoms with van der Waals surface area (Å²) in [6.45, 7) is 3.76. The second-order valence-corrected chi connectivity index (χ2v) is 4.23.